The van der Waals surface area contributed by atoms with Crippen LogP contribution in [0, 0.1) is 0 Å². The summed E-state index contributed by atoms with van der Waals surface area (Å²) in [6.07, 6.45) is -4.75. The average Bonchev–Trinajstić information content (AvgIpc) is 2.81. The normalized spacial score (nSPS) is 12.1. The molecule has 1 N–H and O–H groups in total. The first-order chi connectivity index (χ1) is 11.0. The molecule has 8 heteroatoms. The van der Waals surface area contributed by atoms with Crippen LogP contribution in [0.1, 0.15) is 37.0 Å². The summed E-state index contributed by atoms with van der Waals surface area (Å²) >= 11 is 0. The highest BCUT2D eigenvalue weighted by molar-refractivity contribution is 6.03. The Kier molecular flexibility index (Phi) is 4.59. The molecule has 0 fully saturated rings. The summed E-state index contributed by atoms with van der Waals surface area (Å²) in [6, 6.07) is 6.62. The van der Waals surface area contributed by atoms with Gasteiger partial charge in [-0.2, -0.15) is 5.10 Å². The summed E-state index contributed by atoms with van der Waals surface area (Å²) in [5.74, 6) is -0.749. The van der Waals surface area contributed by atoms with Crippen molar-refractivity contribution >= 4 is 11.6 Å². The molecule has 24 heavy (non-hydrogen) atoms. The molecule has 2 aromatic rings. The second kappa shape index (κ2) is 6.18. The Bertz CT molecular complexity index is 729. The number of aromatic nitrogens is 2. The number of aryl methyl sites for hydroxylation is 1. The number of benzene rings is 1. The van der Waals surface area contributed by atoms with Gasteiger partial charge in [0.05, 0.1) is 5.69 Å². The van der Waals surface area contributed by atoms with Crippen LogP contribution in [-0.4, -0.2) is 22.1 Å². The lowest BCUT2D eigenvalue weighted by molar-refractivity contribution is -0.274. The number of carbonyl (C=O) groups excluding carboxylic acids is 1. The number of amides is 1. The van der Waals surface area contributed by atoms with Crippen molar-refractivity contribution in [3.05, 3.63) is 41.7 Å². The van der Waals surface area contributed by atoms with Gasteiger partial charge in [-0.25, -0.2) is 0 Å². The SMILES string of the molecule is Cn1nc(C(C)(C)C)cc1C(=O)Nc1ccc(OC(F)(F)F)cc1. The van der Waals surface area contributed by atoms with Gasteiger partial charge in [-0.1, -0.05) is 20.8 Å². The molecule has 0 spiro atoms. The summed E-state index contributed by atoms with van der Waals surface area (Å²) in [4.78, 5) is 12.3. The van der Waals surface area contributed by atoms with Crippen LogP contribution in [0.25, 0.3) is 0 Å². The number of nitrogens with zero attached hydrogens (tertiary/aromatic N) is 2. The van der Waals surface area contributed by atoms with Crippen molar-refractivity contribution in [3.8, 4) is 5.75 Å². The molecule has 0 radical (unpaired) electrons. The largest absolute Gasteiger partial charge is 0.573 e. The fraction of sp³-hybridized carbons (Fsp3) is 0.375. The number of nitrogens with one attached hydrogen (secondary N) is 1. The van der Waals surface area contributed by atoms with Gasteiger partial charge in [0, 0.05) is 18.2 Å². The van der Waals surface area contributed by atoms with E-state index >= 15 is 0 Å². The summed E-state index contributed by atoms with van der Waals surface area (Å²) < 4.78 is 41.6. The van der Waals surface area contributed by atoms with Gasteiger partial charge in [0.2, 0.25) is 0 Å². The quantitative estimate of drug-likeness (QED) is 0.922. The van der Waals surface area contributed by atoms with E-state index in [1.807, 2.05) is 20.8 Å². The van der Waals surface area contributed by atoms with Gasteiger partial charge in [0.25, 0.3) is 5.91 Å². The molecule has 1 aromatic heterocycles. The number of hydrogen-bond acceptors (Lipinski definition) is 3. The molecule has 2 rings (SSSR count). The van der Waals surface area contributed by atoms with Crippen molar-refractivity contribution in [2.24, 2.45) is 7.05 Å². The maximum atomic E-state index is 12.3. The predicted octanol–water partition coefficient (Wildman–Crippen LogP) is 3.87. The Hall–Kier alpha value is -2.51. The van der Waals surface area contributed by atoms with Crippen LogP contribution < -0.4 is 10.1 Å². The molecule has 0 aliphatic heterocycles. The average molecular weight is 341 g/mol. The second-order valence-electron chi connectivity index (χ2n) is 6.31. The molecular formula is C16H18F3N3O2. The minimum atomic E-state index is -4.75. The molecule has 1 amide bonds. The molecule has 5 nitrogen and oxygen atoms in total. The third kappa shape index (κ3) is 4.50. The predicted molar refractivity (Wildman–Crippen MR) is 83.0 cm³/mol. The van der Waals surface area contributed by atoms with Gasteiger partial charge in [-0.15, -0.1) is 13.2 Å². The monoisotopic (exact) mass is 341 g/mol. The molecule has 0 bridgehead atoms. The van der Waals surface area contributed by atoms with Crippen molar-refractivity contribution < 1.29 is 22.7 Å². The van der Waals surface area contributed by atoms with Crippen LogP contribution in [-0.2, 0) is 12.5 Å². The van der Waals surface area contributed by atoms with Gasteiger partial charge in [-0.3, -0.25) is 9.48 Å². The molecule has 1 heterocycles. The second-order valence-corrected chi connectivity index (χ2v) is 6.31. The number of rotatable bonds is 3. The molecule has 0 saturated heterocycles. The van der Waals surface area contributed by atoms with Crippen molar-refractivity contribution in [1.82, 2.24) is 9.78 Å². The first kappa shape index (κ1) is 17.8. The van der Waals surface area contributed by atoms with E-state index in [1.165, 1.54) is 16.8 Å². The van der Waals surface area contributed by atoms with E-state index in [1.54, 1.807) is 13.1 Å². The zero-order chi connectivity index (χ0) is 18.1. The summed E-state index contributed by atoms with van der Waals surface area (Å²) in [7, 11) is 1.66. The topological polar surface area (TPSA) is 56.2 Å². The van der Waals surface area contributed by atoms with E-state index in [0.29, 0.717) is 11.4 Å². The van der Waals surface area contributed by atoms with Crippen molar-refractivity contribution in [1.29, 1.82) is 0 Å². The minimum absolute atomic E-state index is 0.202. The van der Waals surface area contributed by atoms with Crippen molar-refractivity contribution in [3.63, 3.8) is 0 Å². The highest BCUT2D eigenvalue weighted by Gasteiger charge is 2.31. The first-order valence-corrected chi connectivity index (χ1v) is 7.17. The van der Waals surface area contributed by atoms with Crippen LogP contribution in [0.3, 0.4) is 0 Å². The number of hydrogen-bond donors (Lipinski definition) is 1. The number of halogens is 3. The Morgan fingerprint density at radius 3 is 2.21 bits per heavy atom. The first-order valence-electron chi connectivity index (χ1n) is 7.17. The van der Waals surface area contributed by atoms with E-state index in [0.717, 1.165) is 17.8 Å². The smallest absolute Gasteiger partial charge is 0.406 e. The van der Waals surface area contributed by atoms with Crippen molar-refractivity contribution in [2.45, 2.75) is 32.5 Å². The van der Waals surface area contributed by atoms with Gasteiger partial charge in [0.1, 0.15) is 11.4 Å². The zero-order valence-corrected chi connectivity index (χ0v) is 13.7. The van der Waals surface area contributed by atoms with E-state index in [2.05, 4.69) is 15.2 Å². The fourth-order valence-corrected chi connectivity index (χ4v) is 1.98. The van der Waals surface area contributed by atoms with Crippen LogP contribution >= 0.6 is 0 Å². The Labute approximate surface area is 137 Å². The Morgan fingerprint density at radius 1 is 1.17 bits per heavy atom. The molecule has 0 saturated carbocycles. The lowest BCUT2D eigenvalue weighted by Crippen LogP contribution is -2.17. The van der Waals surface area contributed by atoms with E-state index in [-0.39, 0.29) is 11.2 Å². The number of ether oxygens (including phenoxy) is 1. The number of anilines is 1. The molecule has 130 valence electrons. The molecule has 1 aromatic carbocycles. The lowest BCUT2D eigenvalue weighted by atomic mass is 9.92. The molecular weight excluding hydrogens is 323 g/mol. The summed E-state index contributed by atoms with van der Waals surface area (Å²) in [5, 5.41) is 6.93. The maximum absolute atomic E-state index is 12.3. The Balaban J connectivity index is 2.11. The van der Waals surface area contributed by atoms with Crippen LogP contribution in [0.4, 0.5) is 18.9 Å². The third-order valence-corrected chi connectivity index (χ3v) is 3.23. The molecule has 0 unspecified atom stereocenters. The number of alkyl halides is 3. The fourth-order valence-electron chi connectivity index (χ4n) is 1.98. The Morgan fingerprint density at radius 2 is 1.75 bits per heavy atom. The van der Waals surface area contributed by atoms with E-state index in [4.69, 9.17) is 0 Å². The third-order valence-electron chi connectivity index (χ3n) is 3.23. The van der Waals surface area contributed by atoms with E-state index in [9.17, 15) is 18.0 Å². The standard InChI is InChI=1S/C16H18F3N3O2/c1-15(2,3)13-9-12(22(4)21-13)14(23)20-10-5-7-11(8-6-10)24-16(17,18)19/h5-9H,1-4H3,(H,20,23). The van der Waals surface area contributed by atoms with Crippen LogP contribution in [0.15, 0.2) is 30.3 Å². The minimum Gasteiger partial charge on any atom is -0.406 e. The zero-order valence-electron chi connectivity index (χ0n) is 13.7. The van der Waals surface area contributed by atoms with Crippen molar-refractivity contribution in [2.75, 3.05) is 5.32 Å². The summed E-state index contributed by atoms with van der Waals surface area (Å²) in [6.45, 7) is 5.95. The highest BCUT2D eigenvalue weighted by atomic mass is 19.4. The van der Waals surface area contributed by atoms with E-state index < -0.39 is 12.3 Å². The summed E-state index contributed by atoms with van der Waals surface area (Å²) in [5.41, 5.74) is 1.28. The van der Waals surface area contributed by atoms with Gasteiger partial charge < -0.3 is 10.1 Å². The van der Waals surface area contributed by atoms with Gasteiger partial charge in [-0.05, 0) is 30.3 Å². The number of carbonyl (C=O) groups is 1. The van der Waals surface area contributed by atoms with Crippen LogP contribution in [0.2, 0.25) is 0 Å². The molecule has 0 atom stereocenters. The maximum Gasteiger partial charge on any atom is 0.573 e. The highest BCUT2D eigenvalue weighted by Crippen LogP contribution is 2.25. The van der Waals surface area contributed by atoms with Gasteiger partial charge in [0.15, 0.2) is 0 Å². The van der Waals surface area contributed by atoms with Crippen LogP contribution in [0.5, 0.6) is 5.75 Å². The van der Waals surface area contributed by atoms with Gasteiger partial charge >= 0.3 is 6.36 Å². The molecule has 0 aliphatic carbocycles. The molecule has 0 aliphatic rings. The lowest BCUT2D eigenvalue weighted by Gasteiger charge is -2.13.